The fourth-order valence-corrected chi connectivity index (χ4v) is 3.26. The van der Waals surface area contributed by atoms with Crippen molar-refractivity contribution in [3.63, 3.8) is 0 Å². The SMILES string of the molecule is COc1ccc(OC(C)C(=O)N2CCCCC2C2OCCO2)cc1. The molecule has 3 rings (SSSR count). The van der Waals surface area contributed by atoms with Crippen molar-refractivity contribution in [2.75, 3.05) is 26.9 Å². The van der Waals surface area contributed by atoms with Crippen LogP contribution in [-0.2, 0) is 14.3 Å². The first-order valence-corrected chi connectivity index (χ1v) is 8.53. The van der Waals surface area contributed by atoms with Gasteiger partial charge in [0.05, 0.1) is 26.4 Å². The van der Waals surface area contributed by atoms with E-state index in [1.807, 2.05) is 17.0 Å². The van der Waals surface area contributed by atoms with E-state index < -0.39 is 6.10 Å². The molecule has 0 N–H and O–H groups in total. The van der Waals surface area contributed by atoms with Crippen LogP contribution in [0.4, 0.5) is 0 Å². The molecule has 0 bridgehead atoms. The maximum absolute atomic E-state index is 12.9. The van der Waals surface area contributed by atoms with Crippen LogP contribution in [0.5, 0.6) is 11.5 Å². The zero-order valence-electron chi connectivity index (χ0n) is 14.3. The molecule has 1 amide bonds. The average molecular weight is 335 g/mol. The fourth-order valence-electron chi connectivity index (χ4n) is 3.26. The van der Waals surface area contributed by atoms with Crippen molar-refractivity contribution in [1.82, 2.24) is 4.90 Å². The molecule has 2 aliphatic rings. The number of rotatable bonds is 5. The summed E-state index contributed by atoms with van der Waals surface area (Å²) in [7, 11) is 1.62. The average Bonchev–Trinajstić information content (AvgIpc) is 3.16. The van der Waals surface area contributed by atoms with Gasteiger partial charge in [0.2, 0.25) is 0 Å². The van der Waals surface area contributed by atoms with Crippen molar-refractivity contribution >= 4 is 5.91 Å². The molecule has 2 heterocycles. The van der Waals surface area contributed by atoms with Gasteiger partial charge in [0.25, 0.3) is 5.91 Å². The van der Waals surface area contributed by atoms with E-state index in [2.05, 4.69) is 0 Å². The molecule has 0 radical (unpaired) electrons. The molecule has 1 aromatic rings. The summed E-state index contributed by atoms with van der Waals surface area (Å²) in [6, 6.07) is 7.22. The Hall–Kier alpha value is -1.79. The second-order valence-electron chi connectivity index (χ2n) is 6.14. The number of hydrogen-bond donors (Lipinski definition) is 0. The molecule has 2 aliphatic heterocycles. The second-order valence-corrected chi connectivity index (χ2v) is 6.14. The minimum atomic E-state index is -0.555. The van der Waals surface area contributed by atoms with Crippen molar-refractivity contribution in [1.29, 1.82) is 0 Å². The molecule has 2 atom stereocenters. The molecule has 2 saturated heterocycles. The molecule has 0 aromatic heterocycles. The highest BCUT2D eigenvalue weighted by atomic mass is 16.7. The summed E-state index contributed by atoms with van der Waals surface area (Å²) < 4.78 is 22.2. The monoisotopic (exact) mass is 335 g/mol. The first-order valence-electron chi connectivity index (χ1n) is 8.53. The van der Waals surface area contributed by atoms with Gasteiger partial charge in [-0.1, -0.05) is 0 Å². The largest absolute Gasteiger partial charge is 0.497 e. The molecule has 2 fully saturated rings. The van der Waals surface area contributed by atoms with Gasteiger partial charge in [-0.3, -0.25) is 4.79 Å². The van der Waals surface area contributed by atoms with E-state index in [-0.39, 0.29) is 18.2 Å². The third-order valence-electron chi connectivity index (χ3n) is 4.51. The summed E-state index contributed by atoms with van der Waals surface area (Å²) in [5, 5.41) is 0. The van der Waals surface area contributed by atoms with Gasteiger partial charge in [0.15, 0.2) is 12.4 Å². The molecule has 132 valence electrons. The number of nitrogens with zero attached hydrogens (tertiary/aromatic N) is 1. The number of piperidine rings is 1. The molecule has 0 saturated carbocycles. The Kier molecular flexibility index (Phi) is 5.58. The van der Waals surface area contributed by atoms with Gasteiger partial charge >= 0.3 is 0 Å². The normalized spacial score (nSPS) is 23.1. The number of ether oxygens (including phenoxy) is 4. The van der Waals surface area contributed by atoms with E-state index in [1.54, 1.807) is 26.2 Å². The fraction of sp³-hybridized carbons (Fsp3) is 0.611. The standard InChI is InChI=1S/C18H25NO5/c1-13(24-15-8-6-14(21-2)7-9-15)17(20)19-10-4-3-5-16(19)18-22-11-12-23-18/h6-9,13,16,18H,3-5,10-12H2,1-2H3. The van der Waals surface area contributed by atoms with Gasteiger partial charge in [-0.2, -0.15) is 0 Å². The molecular weight excluding hydrogens is 310 g/mol. The molecule has 6 nitrogen and oxygen atoms in total. The lowest BCUT2D eigenvalue weighted by molar-refractivity contribution is -0.156. The highest BCUT2D eigenvalue weighted by Crippen LogP contribution is 2.26. The number of likely N-dealkylation sites (tertiary alicyclic amines) is 1. The lowest BCUT2D eigenvalue weighted by Crippen LogP contribution is -2.53. The minimum Gasteiger partial charge on any atom is -0.497 e. The van der Waals surface area contributed by atoms with Gasteiger partial charge in [-0.15, -0.1) is 0 Å². The van der Waals surface area contributed by atoms with Crippen LogP contribution in [0.15, 0.2) is 24.3 Å². The Morgan fingerprint density at radius 1 is 1.17 bits per heavy atom. The second kappa shape index (κ2) is 7.85. The molecule has 2 unspecified atom stereocenters. The number of carbonyl (C=O) groups is 1. The topological polar surface area (TPSA) is 57.2 Å². The van der Waals surface area contributed by atoms with E-state index in [4.69, 9.17) is 18.9 Å². The molecule has 1 aromatic carbocycles. The number of carbonyl (C=O) groups excluding carboxylic acids is 1. The van der Waals surface area contributed by atoms with Crippen molar-refractivity contribution in [3.8, 4) is 11.5 Å². The number of hydrogen-bond acceptors (Lipinski definition) is 5. The van der Waals surface area contributed by atoms with Gasteiger partial charge in [-0.05, 0) is 50.5 Å². The predicted molar refractivity (Wildman–Crippen MR) is 88.1 cm³/mol. The van der Waals surface area contributed by atoms with Crippen LogP contribution in [0, 0.1) is 0 Å². The van der Waals surface area contributed by atoms with E-state index in [0.717, 1.165) is 31.6 Å². The zero-order chi connectivity index (χ0) is 16.9. The Labute approximate surface area is 142 Å². The quantitative estimate of drug-likeness (QED) is 0.826. The Balaban J connectivity index is 1.63. The minimum absolute atomic E-state index is 0.0179. The first-order chi connectivity index (χ1) is 11.7. The summed E-state index contributed by atoms with van der Waals surface area (Å²) in [5.41, 5.74) is 0. The van der Waals surface area contributed by atoms with Crippen molar-refractivity contribution in [2.24, 2.45) is 0 Å². The number of methoxy groups -OCH3 is 1. The lowest BCUT2D eigenvalue weighted by atomic mass is 10.0. The van der Waals surface area contributed by atoms with Crippen LogP contribution in [0.25, 0.3) is 0 Å². The predicted octanol–water partition coefficient (Wildman–Crippen LogP) is 2.22. The maximum Gasteiger partial charge on any atom is 0.263 e. The maximum atomic E-state index is 12.9. The van der Waals surface area contributed by atoms with Crippen molar-refractivity contribution < 1.29 is 23.7 Å². The summed E-state index contributed by atoms with van der Waals surface area (Å²) >= 11 is 0. The Bertz CT molecular complexity index is 541. The first kappa shape index (κ1) is 17.0. The molecular formula is C18H25NO5. The molecule has 6 heteroatoms. The van der Waals surface area contributed by atoms with Crippen LogP contribution in [-0.4, -0.2) is 56.1 Å². The van der Waals surface area contributed by atoms with Crippen LogP contribution in [0.3, 0.4) is 0 Å². The van der Waals surface area contributed by atoms with Crippen molar-refractivity contribution in [3.05, 3.63) is 24.3 Å². The highest BCUT2D eigenvalue weighted by Gasteiger charge is 2.38. The molecule has 0 aliphatic carbocycles. The Morgan fingerprint density at radius 3 is 2.50 bits per heavy atom. The summed E-state index contributed by atoms with van der Waals surface area (Å²) in [4.78, 5) is 14.7. The van der Waals surface area contributed by atoms with Gasteiger partial charge in [-0.25, -0.2) is 0 Å². The smallest absolute Gasteiger partial charge is 0.263 e. The molecule has 24 heavy (non-hydrogen) atoms. The third-order valence-corrected chi connectivity index (χ3v) is 4.51. The van der Waals surface area contributed by atoms with Gasteiger partial charge < -0.3 is 23.8 Å². The van der Waals surface area contributed by atoms with Crippen LogP contribution >= 0.6 is 0 Å². The van der Waals surface area contributed by atoms with E-state index in [9.17, 15) is 4.79 Å². The van der Waals surface area contributed by atoms with E-state index >= 15 is 0 Å². The van der Waals surface area contributed by atoms with E-state index in [1.165, 1.54) is 0 Å². The highest BCUT2D eigenvalue weighted by molar-refractivity contribution is 5.81. The number of amides is 1. The number of benzene rings is 1. The van der Waals surface area contributed by atoms with Crippen molar-refractivity contribution in [2.45, 2.75) is 44.6 Å². The van der Waals surface area contributed by atoms with Gasteiger partial charge in [0, 0.05) is 6.54 Å². The summed E-state index contributed by atoms with van der Waals surface area (Å²) in [5.74, 6) is 1.39. The van der Waals surface area contributed by atoms with Crippen LogP contribution in [0.1, 0.15) is 26.2 Å². The third kappa shape index (κ3) is 3.82. The summed E-state index contributed by atoms with van der Waals surface area (Å²) in [6.45, 7) is 3.71. The summed E-state index contributed by atoms with van der Waals surface area (Å²) in [6.07, 6.45) is 2.14. The zero-order valence-corrected chi connectivity index (χ0v) is 14.3. The van der Waals surface area contributed by atoms with E-state index in [0.29, 0.717) is 19.0 Å². The molecule has 0 spiro atoms. The lowest BCUT2D eigenvalue weighted by Gasteiger charge is -2.39. The van der Waals surface area contributed by atoms with Crippen LogP contribution < -0.4 is 9.47 Å². The Morgan fingerprint density at radius 2 is 1.83 bits per heavy atom. The van der Waals surface area contributed by atoms with Crippen LogP contribution in [0.2, 0.25) is 0 Å². The van der Waals surface area contributed by atoms with Gasteiger partial charge in [0.1, 0.15) is 11.5 Å².